The van der Waals surface area contributed by atoms with Crippen LogP contribution in [0.2, 0.25) is 0 Å². The molecule has 1 heterocycles. The third-order valence-electron chi connectivity index (χ3n) is 3.95. The summed E-state index contributed by atoms with van der Waals surface area (Å²) in [7, 11) is -3.14. The number of nitrogens with one attached hydrogen (secondary N) is 1. The summed E-state index contributed by atoms with van der Waals surface area (Å²) < 4.78 is 22.7. The number of likely N-dealkylation sites (tertiary alicyclic amines) is 1. The van der Waals surface area contributed by atoms with E-state index >= 15 is 0 Å². The molecule has 0 saturated carbocycles. The topological polar surface area (TPSA) is 83.5 Å². The maximum Gasteiger partial charge on any atom is 0.251 e. The quantitative estimate of drug-likeness (QED) is 0.838. The fourth-order valence-electron chi connectivity index (χ4n) is 2.79. The average Bonchev–Trinajstić information content (AvgIpc) is 2.54. The molecule has 1 aromatic carbocycles. The highest BCUT2D eigenvalue weighted by Gasteiger charge is 2.16. The first-order valence-corrected chi connectivity index (χ1v) is 10.2. The van der Waals surface area contributed by atoms with Gasteiger partial charge in [-0.3, -0.25) is 9.59 Å². The normalized spacial score (nSPS) is 15.1. The molecule has 2 rings (SSSR count). The standard InChI is InChI=1S/C17H24N2O4S/c1-24(22,23)13-14-6-5-7-15(12-14)17(21)18-9-8-16(20)19-10-3-2-4-11-19/h5-7,12H,2-4,8-11,13H2,1H3,(H,18,21). The predicted octanol–water partition coefficient (Wildman–Crippen LogP) is 1.36. The Bertz CT molecular complexity index is 694. The third kappa shape index (κ3) is 5.96. The highest BCUT2D eigenvalue weighted by molar-refractivity contribution is 7.89. The van der Waals surface area contributed by atoms with E-state index in [0.717, 1.165) is 32.2 Å². The lowest BCUT2D eigenvalue weighted by molar-refractivity contribution is -0.131. The highest BCUT2D eigenvalue weighted by Crippen LogP contribution is 2.10. The Labute approximate surface area is 143 Å². The number of carbonyl (C=O) groups is 2. The molecule has 0 spiro atoms. The zero-order chi connectivity index (χ0) is 17.6. The van der Waals surface area contributed by atoms with Crippen molar-refractivity contribution in [1.82, 2.24) is 10.2 Å². The van der Waals surface area contributed by atoms with Crippen LogP contribution in [0.25, 0.3) is 0 Å². The molecule has 24 heavy (non-hydrogen) atoms. The van der Waals surface area contributed by atoms with Crippen LogP contribution in [0.5, 0.6) is 0 Å². The van der Waals surface area contributed by atoms with E-state index in [1.54, 1.807) is 24.3 Å². The van der Waals surface area contributed by atoms with Gasteiger partial charge in [-0.05, 0) is 37.0 Å². The van der Waals surface area contributed by atoms with Crippen molar-refractivity contribution in [2.24, 2.45) is 0 Å². The summed E-state index contributed by atoms with van der Waals surface area (Å²) in [6.07, 6.45) is 4.71. The second kappa shape index (κ2) is 8.28. The van der Waals surface area contributed by atoms with Crippen LogP contribution in [0, 0.1) is 0 Å². The minimum atomic E-state index is -3.14. The van der Waals surface area contributed by atoms with Gasteiger partial charge in [-0.15, -0.1) is 0 Å². The number of hydrogen-bond acceptors (Lipinski definition) is 4. The number of benzene rings is 1. The highest BCUT2D eigenvalue weighted by atomic mass is 32.2. The summed E-state index contributed by atoms with van der Waals surface area (Å²) in [4.78, 5) is 26.0. The van der Waals surface area contributed by atoms with Gasteiger partial charge in [0.25, 0.3) is 5.91 Å². The predicted molar refractivity (Wildman–Crippen MR) is 92.4 cm³/mol. The van der Waals surface area contributed by atoms with Crippen molar-refractivity contribution in [3.63, 3.8) is 0 Å². The number of hydrogen-bond donors (Lipinski definition) is 1. The number of nitrogens with zero attached hydrogens (tertiary/aromatic N) is 1. The number of piperidine rings is 1. The van der Waals surface area contributed by atoms with Crippen LogP contribution in [0.3, 0.4) is 0 Å². The molecule has 132 valence electrons. The Balaban J connectivity index is 1.84. The molecule has 1 saturated heterocycles. The number of amides is 2. The molecular weight excluding hydrogens is 328 g/mol. The summed E-state index contributed by atoms with van der Waals surface area (Å²) in [5.41, 5.74) is 0.983. The molecule has 6 nitrogen and oxygen atoms in total. The molecule has 0 radical (unpaired) electrons. The van der Waals surface area contributed by atoms with Crippen LogP contribution < -0.4 is 5.32 Å². The smallest absolute Gasteiger partial charge is 0.251 e. The van der Waals surface area contributed by atoms with E-state index in [9.17, 15) is 18.0 Å². The fraction of sp³-hybridized carbons (Fsp3) is 0.529. The fourth-order valence-corrected chi connectivity index (χ4v) is 3.58. The Morgan fingerprint density at radius 2 is 1.88 bits per heavy atom. The summed E-state index contributed by atoms with van der Waals surface area (Å²) >= 11 is 0. The Morgan fingerprint density at radius 3 is 2.54 bits per heavy atom. The van der Waals surface area contributed by atoms with E-state index in [2.05, 4.69) is 5.32 Å². The van der Waals surface area contributed by atoms with Crippen LogP contribution >= 0.6 is 0 Å². The van der Waals surface area contributed by atoms with Crippen molar-refractivity contribution >= 4 is 21.7 Å². The second-order valence-electron chi connectivity index (χ2n) is 6.22. The van der Waals surface area contributed by atoms with Crippen LogP contribution in [0.4, 0.5) is 0 Å². The van der Waals surface area contributed by atoms with Gasteiger partial charge >= 0.3 is 0 Å². The molecule has 0 atom stereocenters. The monoisotopic (exact) mass is 352 g/mol. The molecule has 0 unspecified atom stereocenters. The molecular formula is C17H24N2O4S. The minimum Gasteiger partial charge on any atom is -0.352 e. The Morgan fingerprint density at radius 1 is 1.17 bits per heavy atom. The zero-order valence-electron chi connectivity index (χ0n) is 14.0. The van der Waals surface area contributed by atoms with E-state index in [4.69, 9.17) is 0 Å². The van der Waals surface area contributed by atoms with Gasteiger partial charge in [0, 0.05) is 37.9 Å². The number of rotatable bonds is 6. The minimum absolute atomic E-state index is 0.0702. The summed E-state index contributed by atoms with van der Waals surface area (Å²) in [6.45, 7) is 1.89. The first-order valence-electron chi connectivity index (χ1n) is 8.18. The summed E-state index contributed by atoms with van der Waals surface area (Å²) in [5.74, 6) is -0.320. The molecule has 0 aliphatic carbocycles. The van der Waals surface area contributed by atoms with Gasteiger partial charge < -0.3 is 10.2 Å². The largest absolute Gasteiger partial charge is 0.352 e. The SMILES string of the molecule is CS(=O)(=O)Cc1cccc(C(=O)NCCC(=O)N2CCCCC2)c1. The molecule has 2 amide bonds. The van der Waals surface area contributed by atoms with Crippen LogP contribution in [0.15, 0.2) is 24.3 Å². The van der Waals surface area contributed by atoms with Gasteiger partial charge in [-0.2, -0.15) is 0 Å². The van der Waals surface area contributed by atoms with Gasteiger partial charge in [-0.1, -0.05) is 12.1 Å². The number of sulfone groups is 1. The van der Waals surface area contributed by atoms with Crippen LogP contribution in [-0.4, -0.2) is 51.0 Å². The van der Waals surface area contributed by atoms with Crippen molar-refractivity contribution in [2.75, 3.05) is 25.9 Å². The van der Waals surface area contributed by atoms with E-state index in [0.29, 0.717) is 11.1 Å². The van der Waals surface area contributed by atoms with Crippen molar-refractivity contribution in [3.8, 4) is 0 Å². The summed E-state index contributed by atoms with van der Waals surface area (Å²) in [6, 6.07) is 6.54. The van der Waals surface area contributed by atoms with Crippen molar-refractivity contribution in [3.05, 3.63) is 35.4 Å². The van der Waals surface area contributed by atoms with Crippen molar-refractivity contribution < 1.29 is 18.0 Å². The maximum absolute atomic E-state index is 12.1. The number of carbonyl (C=O) groups excluding carboxylic acids is 2. The van der Waals surface area contributed by atoms with Gasteiger partial charge in [0.15, 0.2) is 9.84 Å². The van der Waals surface area contributed by atoms with Crippen LogP contribution in [-0.2, 0) is 20.4 Å². The van der Waals surface area contributed by atoms with Crippen molar-refractivity contribution in [1.29, 1.82) is 0 Å². The second-order valence-corrected chi connectivity index (χ2v) is 8.36. The van der Waals surface area contributed by atoms with E-state index in [-0.39, 0.29) is 30.5 Å². The first kappa shape index (κ1) is 18.4. The Hall–Kier alpha value is -1.89. The van der Waals surface area contributed by atoms with Crippen LogP contribution in [0.1, 0.15) is 41.6 Å². The lowest BCUT2D eigenvalue weighted by Crippen LogP contribution is -2.37. The molecule has 1 aromatic rings. The summed E-state index contributed by atoms with van der Waals surface area (Å²) in [5, 5.41) is 2.72. The maximum atomic E-state index is 12.1. The van der Waals surface area contributed by atoms with Gasteiger partial charge in [0.1, 0.15) is 0 Å². The van der Waals surface area contributed by atoms with E-state index in [1.807, 2.05) is 4.90 Å². The molecule has 1 fully saturated rings. The third-order valence-corrected chi connectivity index (χ3v) is 4.81. The van der Waals surface area contributed by atoms with Gasteiger partial charge in [0.2, 0.25) is 5.91 Å². The van der Waals surface area contributed by atoms with E-state index < -0.39 is 9.84 Å². The molecule has 0 aromatic heterocycles. The molecule has 1 aliphatic heterocycles. The lowest BCUT2D eigenvalue weighted by atomic mass is 10.1. The molecule has 0 bridgehead atoms. The first-order chi connectivity index (χ1) is 11.3. The molecule has 1 N–H and O–H groups in total. The van der Waals surface area contributed by atoms with Gasteiger partial charge in [0.05, 0.1) is 5.75 Å². The lowest BCUT2D eigenvalue weighted by Gasteiger charge is -2.26. The van der Waals surface area contributed by atoms with Gasteiger partial charge in [-0.25, -0.2) is 8.42 Å². The Kier molecular flexibility index (Phi) is 6.36. The molecule has 1 aliphatic rings. The molecule has 7 heteroatoms. The van der Waals surface area contributed by atoms with Crippen molar-refractivity contribution in [2.45, 2.75) is 31.4 Å². The van der Waals surface area contributed by atoms with E-state index in [1.165, 1.54) is 6.42 Å². The zero-order valence-corrected chi connectivity index (χ0v) is 14.8. The average molecular weight is 352 g/mol.